The predicted octanol–water partition coefficient (Wildman–Crippen LogP) is 2.43. The van der Waals surface area contributed by atoms with Gasteiger partial charge < -0.3 is 10.1 Å². The van der Waals surface area contributed by atoms with Gasteiger partial charge in [-0.15, -0.1) is 0 Å². The third-order valence-electron chi connectivity index (χ3n) is 2.89. The Hall–Kier alpha value is -2.36. The molecular weight excluding hydrogens is 230 g/mol. The van der Waals surface area contributed by atoms with Gasteiger partial charge in [-0.3, -0.25) is 9.59 Å². The summed E-state index contributed by atoms with van der Waals surface area (Å²) in [4.78, 5) is 25.7. The van der Waals surface area contributed by atoms with Crippen LogP contribution in [0.1, 0.15) is 34.5 Å². The average molecular weight is 243 g/mol. The molecule has 2 rings (SSSR count). The molecule has 2 N–H and O–H groups in total. The van der Waals surface area contributed by atoms with E-state index in [0.29, 0.717) is 16.8 Å². The minimum Gasteiger partial charge on any atom is -0.481 e. The van der Waals surface area contributed by atoms with E-state index in [2.05, 4.69) is 4.98 Å². The van der Waals surface area contributed by atoms with Crippen LogP contribution in [-0.4, -0.2) is 21.8 Å². The van der Waals surface area contributed by atoms with Crippen LogP contribution in [0.5, 0.6) is 0 Å². The smallest absolute Gasteiger partial charge is 0.310 e. The number of carboxylic acids is 1. The Balaban J connectivity index is 2.23. The molecule has 92 valence electrons. The summed E-state index contributed by atoms with van der Waals surface area (Å²) in [6.45, 7) is 1.62. The number of rotatable bonds is 4. The summed E-state index contributed by atoms with van der Waals surface area (Å²) in [7, 11) is 0. The molecule has 18 heavy (non-hydrogen) atoms. The standard InChI is InChI=1S/C14H13NO3/c1-9(14(17)18)10-4-6-11(7-5-10)13(16)12-3-2-8-15-12/h2-9,15H,1H3,(H,17,18). The van der Waals surface area contributed by atoms with Crippen LogP contribution >= 0.6 is 0 Å². The molecule has 4 nitrogen and oxygen atoms in total. The molecule has 0 aliphatic rings. The Labute approximate surface area is 104 Å². The van der Waals surface area contributed by atoms with Crippen LogP contribution in [0.25, 0.3) is 0 Å². The van der Waals surface area contributed by atoms with Crippen molar-refractivity contribution in [2.45, 2.75) is 12.8 Å². The fourth-order valence-electron chi connectivity index (χ4n) is 1.69. The van der Waals surface area contributed by atoms with Gasteiger partial charge in [0.05, 0.1) is 11.6 Å². The van der Waals surface area contributed by atoms with Crippen molar-refractivity contribution in [3.63, 3.8) is 0 Å². The van der Waals surface area contributed by atoms with E-state index in [1.165, 1.54) is 0 Å². The Morgan fingerprint density at radius 2 is 1.83 bits per heavy atom. The van der Waals surface area contributed by atoms with Crippen molar-refractivity contribution in [2.24, 2.45) is 0 Å². The molecule has 0 amide bonds. The van der Waals surface area contributed by atoms with Crippen LogP contribution in [0, 0.1) is 0 Å². The second-order valence-electron chi connectivity index (χ2n) is 4.09. The fourth-order valence-corrected chi connectivity index (χ4v) is 1.69. The zero-order chi connectivity index (χ0) is 13.1. The lowest BCUT2D eigenvalue weighted by molar-refractivity contribution is -0.138. The van der Waals surface area contributed by atoms with Crippen LogP contribution in [0.3, 0.4) is 0 Å². The molecule has 1 heterocycles. The number of nitrogens with one attached hydrogen (secondary N) is 1. The van der Waals surface area contributed by atoms with E-state index in [9.17, 15) is 9.59 Å². The summed E-state index contributed by atoms with van der Waals surface area (Å²) >= 11 is 0. The number of carbonyl (C=O) groups excluding carboxylic acids is 1. The van der Waals surface area contributed by atoms with Crippen LogP contribution in [-0.2, 0) is 4.79 Å². The number of carboxylic acid groups (broad SMARTS) is 1. The van der Waals surface area contributed by atoms with Gasteiger partial charge in [0, 0.05) is 11.8 Å². The number of hydrogen-bond acceptors (Lipinski definition) is 2. The van der Waals surface area contributed by atoms with Gasteiger partial charge in [-0.2, -0.15) is 0 Å². The van der Waals surface area contributed by atoms with Gasteiger partial charge in [0.25, 0.3) is 0 Å². The van der Waals surface area contributed by atoms with E-state index in [0.717, 1.165) is 0 Å². The third-order valence-corrected chi connectivity index (χ3v) is 2.89. The van der Waals surface area contributed by atoms with Gasteiger partial charge in [0.1, 0.15) is 0 Å². The van der Waals surface area contributed by atoms with E-state index in [1.807, 2.05) is 0 Å². The summed E-state index contributed by atoms with van der Waals surface area (Å²) < 4.78 is 0. The van der Waals surface area contributed by atoms with Crippen molar-refractivity contribution in [3.05, 3.63) is 59.4 Å². The van der Waals surface area contributed by atoms with Gasteiger partial charge in [0.2, 0.25) is 5.78 Å². The normalized spacial score (nSPS) is 12.1. The van der Waals surface area contributed by atoms with Gasteiger partial charge in [-0.05, 0) is 24.6 Å². The molecule has 0 aliphatic heterocycles. The summed E-state index contributed by atoms with van der Waals surface area (Å²) in [6, 6.07) is 10.1. The zero-order valence-electron chi connectivity index (χ0n) is 9.88. The molecule has 2 aromatic rings. The second kappa shape index (κ2) is 4.87. The van der Waals surface area contributed by atoms with Crippen LogP contribution < -0.4 is 0 Å². The van der Waals surface area contributed by atoms with Crippen molar-refractivity contribution in [1.29, 1.82) is 0 Å². The highest BCUT2D eigenvalue weighted by Crippen LogP contribution is 2.17. The van der Waals surface area contributed by atoms with E-state index >= 15 is 0 Å². The number of hydrogen-bond donors (Lipinski definition) is 2. The number of carbonyl (C=O) groups is 2. The van der Waals surface area contributed by atoms with Crippen molar-refractivity contribution >= 4 is 11.8 Å². The molecule has 0 radical (unpaired) electrons. The summed E-state index contributed by atoms with van der Waals surface area (Å²) in [5, 5.41) is 8.89. The molecular formula is C14H13NO3. The van der Waals surface area contributed by atoms with Crippen molar-refractivity contribution in [3.8, 4) is 0 Å². The molecule has 0 fully saturated rings. The van der Waals surface area contributed by atoms with Crippen LogP contribution in [0.2, 0.25) is 0 Å². The van der Waals surface area contributed by atoms with E-state index in [1.54, 1.807) is 49.5 Å². The Morgan fingerprint density at radius 1 is 1.17 bits per heavy atom. The predicted molar refractivity (Wildman–Crippen MR) is 66.7 cm³/mol. The Kier molecular flexibility index (Phi) is 3.28. The molecule has 1 atom stereocenters. The second-order valence-corrected chi connectivity index (χ2v) is 4.09. The topological polar surface area (TPSA) is 70.2 Å². The van der Waals surface area contributed by atoms with Gasteiger partial charge in [0.15, 0.2) is 0 Å². The summed E-state index contributed by atoms with van der Waals surface area (Å²) in [5.74, 6) is -1.55. The molecule has 0 saturated heterocycles. The van der Waals surface area contributed by atoms with E-state index in [4.69, 9.17) is 5.11 Å². The highest BCUT2D eigenvalue weighted by molar-refractivity contribution is 6.07. The lowest BCUT2D eigenvalue weighted by atomic mass is 9.98. The summed E-state index contributed by atoms with van der Waals surface area (Å²) in [5.41, 5.74) is 1.75. The number of aromatic nitrogens is 1. The maximum Gasteiger partial charge on any atom is 0.310 e. The molecule has 4 heteroatoms. The van der Waals surface area contributed by atoms with Gasteiger partial charge in [-0.25, -0.2) is 0 Å². The number of benzene rings is 1. The first-order valence-electron chi connectivity index (χ1n) is 5.60. The highest BCUT2D eigenvalue weighted by Gasteiger charge is 2.15. The molecule has 0 aliphatic carbocycles. The third kappa shape index (κ3) is 2.32. The maximum atomic E-state index is 12.0. The molecule has 1 unspecified atom stereocenters. The van der Waals surface area contributed by atoms with Crippen LogP contribution in [0.4, 0.5) is 0 Å². The number of aromatic amines is 1. The largest absolute Gasteiger partial charge is 0.481 e. The first kappa shape index (κ1) is 12.1. The number of aliphatic carboxylic acids is 1. The van der Waals surface area contributed by atoms with Gasteiger partial charge in [-0.1, -0.05) is 24.3 Å². The fraction of sp³-hybridized carbons (Fsp3) is 0.143. The molecule has 0 spiro atoms. The van der Waals surface area contributed by atoms with Crippen LogP contribution in [0.15, 0.2) is 42.6 Å². The number of ketones is 1. The quantitative estimate of drug-likeness (QED) is 0.810. The monoisotopic (exact) mass is 243 g/mol. The van der Waals surface area contributed by atoms with Crippen molar-refractivity contribution in [2.75, 3.05) is 0 Å². The SMILES string of the molecule is CC(C(=O)O)c1ccc(C(=O)c2ccc[nH]2)cc1. The Morgan fingerprint density at radius 3 is 2.33 bits per heavy atom. The molecule has 0 bridgehead atoms. The highest BCUT2D eigenvalue weighted by atomic mass is 16.4. The Bertz CT molecular complexity index is 555. The van der Waals surface area contributed by atoms with Crippen molar-refractivity contribution in [1.82, 2.24) is 4.98 Å². The first-order chi connectivity index (χ1) is 8.59. The lowest BCUT2D eigenvalue weighted by Crippen LogP contribution is -2.08. The van der Waals surface area contributed by atoms with E-state index < -0.39 is 11.9 Å². The average Bonchev–Trinajstić information content (AvgIpc) is 2.91. The zero-order valence-corrected chi connectivity index (χ0v) is 9.88. The molecule has 1 aromatic carbocycles. The lowest BCUT2D eigenvalue weighted by Gasteiger charge is -2.07. The number of H-pyrrole nitrogens is 1. The molecule has 0 saturated carbocycles. The first-order valence-corrected chi connectivity index (χ1v) is 5.60. The van der Waals surface area contributed by atoms with Crippen molar-refractivity contribution < 1.29 is 14.7 Å². The minimum absolute atomic E-state index is 0.102. The summed E-state index contributed by atoms with van der Waals surface area (Å²) in [6.07, 6.45) is 1.69. The van der Waals surface area contributed by atoms with Gasteiger partial charge >= 0.3 is 5.97 Å². The molecule has 1 aromatic heterocycles. The van der Waals surface area contributed by atoms with E-state index in [-0.39, 0.29) is 5.78 Å². The minimum atomic E-state index is -0.876. The maximum absolute atomic E-state index is 12.0.